The average molecular weight is 437 g/mol. The van der Waals surface area contributed by atoms with Gasteiger partial charge in [-0.2, -0.15) is 0 Å². The van der Waals surface area contributed by atoms with E-state index < -0.39 is 11.9 Å². The van der Waals surface area contributed by atoms with Crippen molar-refractivity contribution in [1.82, 2.24) is 5.32 Å². The lowest BCUT2D eigenvalue weighted by Gasteiger charge is -2.18. The molecule has 0 unspecified atom stereocenters. The molecule has 27 heavy (non-hydrogen) atoms. The number of anilines is 1. The third-order valence-corrected chi connectivity index (χ3v) is 5.87. The summed E-state index contributed by atoms with van der Waals surface area (Å²) >= 11 is 3.43. The predicted molar refractivity (Wildman–Crippen MR) is 105 cm³/mol. The van der Waals surface area contributed by atoms with E-state index in [4.69, 9.17) is 4.74 Å². The monoisotopic (exact) mass is 436 g/mol. The minimum absolute atomic E-state index is 0.165. The van der Waals surface area contributed by atoms with Crippen LogP contribution in [0.2, 0.25) is 0 Å². The maximum atomic E-state index is 12.6. The van der Waals surface area contributed by atoms with Crippen molar-refractivity contribution in [3.8, 4) is 0 Å². The lowest BCUT2D eigenvalue weighted by atomic mass is 10.1. The fourth-order valence-electron chi connectivity index (χ4n) is 3.74. The summed E-state index contributed by atoms with van der Waals surface area (Å²) in [6, 6.07) is 7.56. The van der Waals surface area contributed by atoms with Crippen LogP contribution in [0, 0.1) is 5.92 Å². The molecule has 7 heteroatoms. The first kappa shape index (κ1) is 19.9. The Morgan fingerprint density at radius 3 is 2.52 bits per heavy atom. The fourth-order valence-corrected chi connectivity index (χ4v) is 4.24. The molecule has 146 valence electrons. The SMILES string of the molecule is O=C(COC(=O)[C@@H]1CCN(c2ccccc2Br)C1=O)NC1CCCCCC1. The highest BCUT2D eigenvalue weighted by Gasteiger charge is 2.39. The molecule has 1 aromatic rings. The molecule has 0 spiro atoms. The maximum absolute atomic E-state index is 12.6. The van der Waals surface area contributed by atoms with Crippen molar-refractivity contribution >= 4 is 39.4 Å². The Kier molecular flexibility index (Phi) is 6.88. The lowest BCUT2D eigenvalue weighted by molar-refractivity contribution is -0.154. The van der Waals surface area contributed by atoms with Gasteiger partial charge in [-0.1, -0.05) is 37.8 Å². The van der Waals surface area contributed by atoms with Crippen molar-refractivity contribution in [2.24, 2.45) is 5.92 Å². The second kappa shape index (κ2) is 9.35. The van der Waals surface area contributed by atoms with Crippen LogP contribution in [0.5, 0.6) is 0 Å². The van der Waals surface area contributed by atoms with Crippen molar-refractivity contribution in [2.75, 3.05) is 18.1 Å². The molecule has 1 atom stereocenters. The number of hydrogen-bond acceptors (Lipinski definition) is 4. The number of nitrogens with zero attached hydrogens (tertiary/aromatic N) is 1. The van der Waals surface area contributed by atoms with Crippen molar-refractivity contribution in [3.63, 3.8) is 0 Å². The van der Waals surface area contributed by atoms with Gasteiger partial charge in [0.25, 0.3) is 5.91 Å². The van der Waals surface area contributed by atoms with Crippen LogP contribution in [0.4, 0.5) is 5.69 Å². The molecule has 0 radical (unpaired) electrons. The van der Waals surface area contributed by atoms with Crippen LogP contribution < -0.4 is 10.2 Å². The highest BCUT2D eigenvalue weighted by Crippen LogP contribution is 2.31. The molecule has 0 aromatic heterocycles. The van der Waals surface area contributed by atoms with E-state index in [-0.39, 0.29) is 24.5 Å². The molecule has 0 bridgehead atoms. The number of ether oxygens (including phenoxy) is 1. The summed E-state index contributed by atoms with van der Waals surface area (Å²) in [6.45, 7) is 0.129. The maximum Gasteiger partial charge on any atom is 0.319 e. The first-order chi connectivity index (χ1) is 13.1. The van der Waals surface area contributed by atoms with Gasteiger partial charge in [-0.15, -0.1) is 0 Å². The van der Waals surface area contributed by atoms with Gasteiger partial charge in [0, 0.05) is 17.1 Å². The van der Waals surface area contributed by atoms with E-state index in [1.165, 1.54) is 12.8 Å². The number of carbonyl (C=O) groups is 3. The molecule has 1 saturated heterocycles. The lowest BCUT2D eigenvalue weighted by Crippen LogP contribution is -2.38. The molecule has 1 heterocycles. The van der Waals surface area contributed by atoms with Crippen LogP contribution in [-0.2, 0) is 19.1 Å². The zero-order valence-corrected chi connectivity index (χ0v) is 16.9. The molecule has 3 rings (SSSR count). The van der Waals surface area contributed by atoms with Crippen molar-refractivity contribution in [3.05, 3.63) is 28.7 Å². The zero-order valence-electron chi connectivity index (χ0n) is 15.3. The van der Waals surface area contributed by atoms with Gasteiger partial charge >= 0.3 is 5.97 Å². The van der Waals surface area contributed by atoms with E-state index in [9.17, 15) is 14.4 Å². The number of carbonyl (C=O) groups excluding carboxylic acids is 3. The summed E-state index contributed by atoms with van der Waals surface area (Å²) in [4.78, 5) is 38.6. The Balaban J connectivity index is 1.49. The highest BCUT2D eigenvalue weighted by atomic mass is 79.9. The largest absolute Gasteiger partial charge is 0.455 e. The molecular formula is C20H25BrN2O4. The molecule has 2 fully saturated rings. The molecule has 1 aliphatic heterocycles. The van der Waals surface area contributed by atoms with Crippen LogP contribution in [-0.4, -0.2) is 37.0 Å². The Labute approximate surface area is 167 Å². The van der Waals surface area contributed by atoms with Crippen LogP contribution in [0.3, 0.4) is 0 Å². The molecule has 1 N–H and O–H groups in total. The predicted octanol–water partition coefficient (Wildman–Crippen LogP) is 3.18. The highest BCUT2D eigenvalue weighted by molar-refractivity contribution is 9.10. The average Bonchev–Trinajstić information content (AvgIpc) is 2.86. The van der Waals surface area contributed by atoms with Crippen molar-refractivity contribution in [1.29, 1.82) is 0 Å². The van der Waals surface area contributed by atoms with Gasteiger partial charge in [-0.25, -0.2) is 0 Å². The second-order valence-electron chi connectivity index (χ2n) is 7.15. The van der Waals surface area contributed by atoms with E-state index in [1.807, 2.05) is 24.3 Å². The third-order valence-electron chi connectivity index (χ3n) is 5.20. The number of benzene rings is 1. The smallest absolute Gasteiger partial charge is 0.319 e. The number of halogens is 1. The second-order valence-corrected chi connectivity index (χ2v) is 8.00. The Bertz CT molecular complexity index is 701. The summed E-state index contributed by atoms with van der Waals surface area (Å²) in [5, 5.41) is 2.94. The van der Waals surface area contributed by atoms with Crippen LogP contribution in [0.15, 0.2) is 28.7 Å². The number of amides is 2. The van der Waals surface area contributed by atoms with Gasteiger partial charge < -0.3 is 15.0 Å². The topological polar surface area (TPSA) is 75.7 Å². The molecular weight excluding hydrogens is 412 g/mol. The Morgan fingerprint density at radius 1 is 1.11 bits per heavy atom. The standard InChI is InChI=1S/C20H25BrN2O4/c21-16-9-5-6-10-17(16)23-12-11-15(19(23)25)20(26)27-13-18(24)22-14-7-3-1-2-4-8-14/h5-6,9-10,14-15H,1-4,7-8,11-13H2,(H,22,24)/t15-/m1/s1. The number of hydrogen-bond donors (Lipinski definition) is 1. The van der Waals surface area contributed by atoms with Crippen molar-refractivity contribution < 1.29 is 19.1 Å². The van der Waals surface area contributed by atoms with Gasteiger partial charge in [0.2, 0.25) is 5.91 Å². The third kappa shape index (κ3) is 5.09. The van der Waals surface area contributed by atoms with E-state index in [1.54, 1.807) is 4.90 Å². The van der Waals surface area contributed by atoms with Gasteiger partial charge in [-0.05, 0) is 47.3 Å². The van der Waals surface area contributed by atoms with E-state index in [2.05, 4.69) is 21.2 Å². The minimum atomic E-state index is -0.845. The first-order valence-corrected chi connectivity index (χ1v) is 10.4. The van der Waals surface area contributed by atoms with Gasteiger partial charge in [0.15, 0.2) is 6.61 Å². The Morgan fingerprint density at radius 2 is 1.81 bits per heavy atom. The van der Waals surface area contributed by atoms with Gasteiger partial charge in [0.05, 0.1) is 5.69 Å². The number of para-hydroxylation sites is 1. The fraction of sp³-hybridized carbons (Fsp3) is 0.550. The number of nitrogens with one attached hydrogen (secondary N) is 1. The number of rotatable bonds is 5. The first-order valence-electron chi connectivity index (χ1n) is 9.58. The molecule has 1 aromatic carbocycles. The molecule has 1 saturated carbocycles. The number of esters is 1. The van der Waals surface area contributed by atoms with E-state index >= 15 is 0 Å². The van der Waals surface area contributed by atoms with Crippen molar-refractivity contribution in [2.45, 2.75) is 51.0 Å². The molecule has 2 amide bonds. The molecule has 6 nitrogen and oxygen atoms in total. The summed E-state index contributed by atoms with van der Waals surface area (Å²) < 4.78 is 5.94. The minimum Gasteiger partial charge on any atom is -0.455 e. The van der Waals surface area contributed by atoms with Crippen LogP contribution >= 0.6 is 15.9 Å². The summed E-state index contributed by atoms with van der Waals surface area (Å²) in [7, 11) is 0. The Hall–Kier alpha value is -1.89. The zero-order chi connectivity index (χ0) is 19.2. The van der Waals surface area contributed by atoms with E-state index in [0.717, 1.165) is 35.8 Å². The molecule has 1 aliphatic carbocycles. The summed E-state index contributed by atoms with van der Waals surface area (Å²) in [6.07, 6.45) is 6.99. The van der Waals surface area contributed by atoms with Crippen LogP contribution in [0.25, 0.3) is 0 Å². The summed E-state index contributed by atoms with van der Waals surface area (Å²) in [5.41, 5.74) is 0.740. The quantitative estimate of drug-likeness (QED) is 0.436. The summed E-state index contributed by atoms with van der Waals surface area (Å²) in [5.74, 6) is -2.03. The van der Waals surface area contributed by atoms with Gasteiger partial charge in [0.1, 0.15) is 5.92 Å². The molecule has 2 aliphatic rings. The van der Waals surface area contributed by atoms with E-state index in [0.29, 0.717) is 13.0 Å². The van der Waals surface area contributed by atoms with Crippen LogP contribution in [0.1, 0.15) is 44.9 Å². The van der Waals surface area contributed by atoms with Gasteiger partial charge in [-0.3, -0.25) is 14.4 Å². The normalized spacial score (nSPS) is 21.0.